The van der Waals surface area contributed by atoms with E-state index >= 15 is 0 Å². The summed E-state index contributed by atoms with van der Waals surface area (Å²) in [4.78, 5) is 26.0. The molecule has 0 saturated heterocycles. The molecule has 1 aromatic heterocycles. The molecule has 0 fully saturated rings. The van der Waals surface area contributed by atoms with Crippen LogP contribution in [0.3, 0.4) is 0 Å². The molecule has 0 bridgehead atoms. The van der Waals surface area contributed by atoms with Crippen LogP contribution >= 0.6 is 11.6 Å². The maximum absolute atomic E-state index is 12.0. The van der Waals surface area contributed by atoms with Crippen molar-refractivity contribution in [1.82, 2.24) is 4.98 Å². The minimum absolute atomic E-state index is 0.0214. The van der Waals surface area contributed by atoms with E-state index in [1.54, 1.807) is 30.5 Å². The molecule has 1 aromatic carbocycles. The zero-order valence-electron chi connectivity index (χ0n) is 11.2. The molecule has 1 amide bonds. The number of carbonyl (C=O) groups is 1. The third kappa shape index (κ3) is 4.03. The van der Waals surface area contributed by atoms with Gasteiger partial charge in [-0.15, -0.1) is 0 Å². The Balaban J connectivity index is 2.24. The van der Waals surface area contributed by atoms with E-state index < -0.39 is 22.3 Å². The molecule has 5 nitrogen and oxygen atoms in total. The molecule has 21 heavy (non-hydrogen) atoms. The van der Waals surface area contributed by atoms with Crippen LogP contribution in [-0.4, -0.2) is 21.4 Å². The molecule has 0 aliphatic carbocycles. The van der Waals surface area contributed by atoms with E-state index in [0.29, 0.717) is 22.0 Å². The molecule has 0 radical (unpaired) electrons. The highest BCUT2D eigenvalue weighted by atomic mass is 35.5. The Labute approximate surface area is 128 Å². The number of anilines is 1. The number of halogens is 1. The predicted molar refractivity (Wildman–Crippen MR) is 84.2 cm³/mol. The number of aromatic amines is 1. The topological polar surface area (TPSA) is 79.0 Å². The molecule has 2 rings (SSSR count). The van der Waals surface area contributed by atoms with Crippen LogP contribution in [0.15, 0.2) is 41.3 Å². The molecule has 0 aliphatic heterocycles. The molecule has 1 heterocycles. The lowest BCUT2D eigenvalue weighted by Crippen LogP contribution is -2.22. The van der Waals surface area contributed by atoms with Gasteiger partial charge in [0.15, 0.2) is 0 Å². The summed E-state index contributed by atoms with van der Waals surface area (Å²) in [6.45, 7) is 0. The molecule has 0 spiro atoms. The molecule has 2 aromatic rings. The number of nitrogens with one attached hydrogen (secondary N) is 2. The number of benzene rings is 1. The van der Waals surface area contributed by atoms with Crippen molar-refractivity contribution in [3.05, 3.63) is 63.0 Å². The molecular formula is C14H13ClN2O3S. The second kappa shape index (κ2) is 6.69. The maximum Gasteiger partial charge on any atom is 0.261 e. The van der Waals surface area contributed by atoms with Gasteiger partial charge < -0.3 is 10.3 Å². The standard InChI is InChI=1S/C14H13ClN2O3S/c1-21(20)8-9-7-10(4-5-12(9)15)17-14(19)11-3-2-6-16-13(11)18/h2-7H,8H2,1H3,(H,16,18)(H,17,19). The molecule has 110 valence electrons. The Bertz CT molecular complexity index is 758. The van der Waals surface area contributed by atoms with Crippen molar-refractivity contribution in [3.8, 4) is 0 Å². The van der Waals surface area contributed by atoms with E-state index in [-0.39, 0.29) is 5.56 Å². The highest BCUT2D eigenvalue weighted by Crippen LogP contribution is 2.22. The molecular weight excluding hydrogens is 312 g/mol. The largest absolute Gasteiger partial charge is 0.328 e. The summed E-state index contributed by atoms with van der Waals surface area (Å²) < 4.78 is 11.3. The Hall–Kier alpha value is -1.92. The van der Waals surface area contributed by atoms with Gasteiger partial charge in [-0.1, -0.05) is 11.6 Å². The van der Waals surface area contributed by atoms with Gasteiger partial charge >= 0.3 is 0 Å². The number of H-pyrrole nitrogens is 1. The number of carbonyl (C=O) groups excluding carboxylic acids is 1. The van der Waals surface area contributed by atoms with Crippen molar-refractivity contribution < 1.29 is 9.00 Å². The Morgan fingerprint density at radius 2 is 2.14 bits per heavy atom. The summed E-state index contributed by atoms with van der Waals surface area (Å²) in [5, 5.41) is 3.11. The monoisotopic (exact) mass is 324 g/mol. The predicted octanol–water partition coefficient (Wildman–Crippen LogP) is 2.16. The number of amides is 1. The van der Waals surface area contributed by atoms with Gasteiger partial charge in [0.05, 0.1) is 0 Å². The summed E-state index contributed by atoms with van der Waals surface area (Å²) in [6, 6.07) is 7.91. The summed E-state index contributed by atoms with van der Waals surface area (Å²) in [7, 11) is -1.04. The molecule has 0 aliphatic rings. The number of hydrogen-bond acceptors (Lipinski definition) is 3. The first kappa shape index (κ1) is 15.5. The van der Waals surface area contributed by atoms with Crippen LogP contribution in [0.25, 0.3) is 0 Å². The van der Waals surface area contributed by atoms with E-state index in [2.05, 4.69) is 10.3 Å². The Morgan fingerprint density at radius 1 is 1.38 bits per heavy atom. The fourth-order valence-electron chi connectivity index (χ4n) is 1.78. The van der Waals surface area contributed by atoms with Gasteiger partial charge in [-0.3, -0.25) is 13.8 Å². The summed E-state index contributed by atoms with van der Waals surface area (Å²) in [5.74, 6) is -0.211. The second-order valence-corrected chi connectivity index (χ2v) is 6.23. The zero-order valence-corrected chi connectivity index (χ0v) is 12.8. The average molecular weight is 325 g/mol. The van der Waals surface area contributed by atoms with Crippen LogP contribution in [0.4, 0.5) is 5.69 Å². The number of aromatic nitrogens is 1. The van der Waals surface area contributed by atoms with Crippen LogP contribution in [0, 0.1) is 0 Å². The Kier molecular flexibility index (Phi) is 4.93. The first-order valence-electron chi connectivity index (χ1n) is 6.05. The summed E-state index contributed by atoms with van der Waals surface area (Å²) in [6.07, 6.45) is 3.03. The second-order valence-electron chi connectivity index (χ2n) is 4.39. The lowest BCUT2D eigenvalue weighted by molar-refractivity contribution is 0.102. The van der Waals surface area contributed by atoms with Crippen molar-refractivity contribution in [1.29, 1.82) is 0 Å². The third-order valence-corrected chi connectivity index (χ3v) is 3.81. The van der Waals surface area contributed by atoms with E-state index in [4.69, 9.17) is 11.6 Å². The summed E-state index contributed by atoms with van der Waals surface area (Å²) >= 11 is 6.02. The minimum Gasteiger partial charge on any atom is -0.328 e. The molecule has 2 N–H and O–H groups in total. The van der Waals surface area contributed by atoms with Crippen LogP contribution in [0.5, 0.6) is 0 Å². The van der Waals surface area contributed by atoms with Crippen molar-refractivity contribution in [2.75, 3.05) is 11.6 Å². The fourth-order valence-corrected chi connectivity index (χ4v) is 2.72. The minimum atomic E-state index is -1.04. The van der Waals surface area contributed by atoms with Crippen molar-refractivity contribution in [3.63, 3.8) is 0 Å². The molecule has 0 saturated carbocycles. The van der Waals surface area contributed by atoms with E-state index in [0.717, 1.165) is 0 Å². The number of hydrogen-bond donors (Lipinski definition) is 2. The van der Waals surface area contributed by atoms with Crippen LogP contribution in [-0.2, 0) is 16.6 Å². The van der Waals surface area contributed by atoms with Gasteiger partial charge in [0, 0.05) is 39.7 Å². The van der Waals surface area contributed by atoms with E-state index in [1.807, 2.05) is 0 Å². The van der Waals surface area contributed by atoms with Gasteiger partial charge in [0.25, 0.3) is 11.5 Å². The van der Waals surface area contributed by atoms with Gasteiger partial charge in [0.1, 0.15) is 5.56 Å². The van der Waals surface area contributed by atoms with Crippen molar-refractivity contribution in [2.24, 2.45) is 0 Å². The van der Waals surface area contributed by atoms with Crippen molar-refractivity contribution in [2.45, 2.75) is 5.75 Å². The fraction of sp³-hybridized carbons (Fsp3) is 0.143. The molecule has 7 heteroatoms. The smallest absolute Gasteiger partial charge is 0.261 e. The molecule has 1 unspecified atom stereocenters. The quantitative estimate of drug-likeness (QED) is 0.904. The van der Waals surface area contributed by atoms with Crippen LogP contribution < -0.4 is 10.9 Å². The first-order chi connectivity index (χ1) is 9.97. The van der Waals surface area contributed by atoms with Crippen LogP contribution in [0.1, 0.15) is 15.9 Å². The van der Waals surface area contributed by atoms with Gasteiger partial charge in [-0.05, 0) is 35.9 Å². The number of pyridine rings is 1. The molecule has 1 atom stereocenters. The first-order valence-corrected chi connectivity index (χ1v) is 8.15. The Morgan fingerprint density at radius 3 is 2.81 bits per heavy atom. The average Bonchev–Trinajstić information content (AvgIpc) is 2.42. The lowest BCUT2D eigenvalue weighted by Gasteiger charge is -2.08. The highest BCUT2D eigenvalue weighted by Gasteiger charge is 2.11. The van der Waals surface area contributed by atoms with E-state index in [9.17, 15) is 13.8 Å². The highest BCUT2D eigenvalue weighted by molar-refractivity contribution is 7.83. The van der Waals surface area contributed by atoms with Crippen molar-refractivity contribution >= 4 is 34.0 Å². The normalized spacial score (nSPS) is 11.9. The van der Waals surface area contributed by atoms with E-state index in [1.165, 1.54) is 12.3 Å². The van der Waals surface area contributed by atoms with Gasteiger partial charge in [-0.25, -0.2) is 0 Å². The summed E-state index contributed by atoms with van der Waals surface area (Å²) in [5.41, 5.74) is 0.734. The van der Waals surface area contributed by atoms with Gasteiger partial charge in [-0.2, -0.15) is 0 Å². The lowest BCUT2D eigenvalue weighted by atomic mass is 10.2. The van der Waals surface area contributed by atoms with Crippen LogP contribution in [0.2, 0.25) is 5.02 Å². The number of rotatable bonds is 4. The zero-order chi connectivity index (χ0) is 15.4. The van der Waals surface area contributed by atoms with Gasteiger partial charge in [0.2, 0.25) is 0 Å². The SMILES string of the molecule is CS(=O)Cc1cc(NC(=O)c2ccc[nH]c2=O)ccc1Cl. The third-order valence-electron chi connectivity index (χ3n) is 2.73. The maximum atomic E-state index is 12.0.